The molecule has 1 aliphatic heterocycles. The van der Waals surface area contributed by atoms with Crippen molar-refractivity contribution in [2.75, 3.05) is 19.7 Å². The summed E-state index contributed by atoms with van der Waals surface area (Å²) in [5, 5.41) is 9.65. The van der Waals surface area contributed by atoms with Crippen LogP contribution in [0, 0.1) is 12.8 Å². The fourth-order valence-corrected chi connectivity index (χ4v) is 2.69. The highest BCUT2D eigenvalue weighted by Crippen LogP contribution is 2.28. The number of aliphatic hydroxyl groups excluding tert-OH is 1. The number of aliphatic hydroxyl groups is 1. The maximum Gasteiger partial charge on any atom is 0.253 e. The van der Waals surface area contributed by atoms with Crippen molar-refractivity contribution in [3.05, 3.63) is 32.8 Å². The molecule has 0 aliphatic carbocycles. The lowest BCUT2D eigenvalue weighted by Crippen LogP contribution is -2.29. The minimum Gasteiger partial charge on any atom is -0.396 e. The van der Waals surface area contributed by atoms with Gasteiger partial charge in [0.2, 0.25) is 0 Å². The largest absolute Gasteiger partial charge is 0.396 e. The van der Waals surface area contributed by atoms with Crippen LogP contribution in [0.1, 0.15) is 22.3 Å². The van der Waals surface area contributed by atoms with E-state index in [2.05, 4.69) is 15.9 Å². The molecule has 2 rings (SSSR count). The number of rotatable bonds is 2. The zero-order chi connectivity index (χ0) is 13.3. The first-order valence-corrected chi connectivity index (χ1v) is 7.05. The smallest absolute Gasteiger partial charge is 0.253 e. The maximum absolute atomic E-state index is 12.3. The lowest BCUT2D eigenvalue weighted by atomic mass is 10.1. The molecule has 0 spiro atoms. The van der Waals surface area contributed by atoms with Crippen molar-refractivity contribution in [3.8, 4) is 0 Å². The molecule has 5 heteroatoms. The van der Waals surface area contributed by atoms with E-state index in [0.29, 0.717) is 23.7 Å². The summed E-state index contributed by atoms with van der Waals surface area (Å²) in [6.45, 7) is 3.38. The van der Waals surface area contributed by atoms with Crippen LogP contribution in [0.3, 0.4) is 0 Å². The first-order valence-electron chi connectivity index (χ1n) is 5.88. The van der Waals surface area contributed by atoms with Gasteiger partial charge in [-0.25, -0.2) is 0 Å². The molecule has 1 fully saturated rings. The van der Waals surface area contributed by atoms with Crippen LogP contribution in [-0.2, 0) is 0 Å². The van der Waals surface area contributed by atoms with E-state index in [4.69, 9.17) is 16.7 Å². The van der Waals surface area contributed by atoms with Gasteiger partial charge in [-0.3, -0.25) is 4.79 Å². The van der Waals surface area contributed by atoms with Crippen molar-refractivity contribution in [3.63, 3.8) is 0 Å². The predicted octanol–water partition coefficient (Wildman–Crippen LogP) is 2.87. The molecule has 1 saturated heterocycles. The first-order chi connectivity index (χ1) is 8.52. The number of carbonyl (C=O) groups excluding carboxylic acids is 1. The van der Waals surface area contributed by atoms with Gasteiger partial charge in [-0.15, -0.1) is 0 Å². The maximum atomic E-state index is 12.3. The highest BCUT2D eigenvalue weighted by Gasteiger charge is 2.26. The molecule has 0 bridgehead atoms. The lowest BCUT2D eigenvalue weighted by Gasteiger charge is -2.17. The Morgan fingerprint density at radius 1 is 1.61 bits per heavy atom. The second kappa shape index (κ2) is 5.59. The van der Waals surface area contributed by atoms with Crippen molar-refractivity contribution in [1.82, 2.24) is 4.90 Å². The third-order valence-corrected chi connectivity index (χ3v) is 4.87. The molecule has 98 valence electrons. The van der Waals surface area contributed by atoms with Crippen LogP contribution < -0.4 is 0 Å². The Bertz CT molecular complexity index is 455. The second-order valence-electron chi connectivity index (χ2n) is 4.68. The average molecular weight is 333 g/mol. The fourth-order valence-electron chi connectivity index (χ4n) is 2.20. The third kappa shape index (κ3) is 2.71. The van der Waals surface area contributed by atoms with Crippen LogP contribution in [0.4, 0.5) is 0 Å². The lowest BCUT2D eigenvalue weighted by molar-refractivity contribution is 0.0782. The van der Waals surface area contributed by atoms with E-state index in [-0.39, 0.29) is 18.4 Å². The quantitative estimate of drug-likeness (QED) is 0.904. The molecule has 1 amide bonds. The van der Waals surface area contributed by atoms with Crippen molar-refractivity contribution in [2.24, 2.45) is 5.92 Å². The zero-order valence-corrected chi connectivity index (χ0v) is 12.5. The van der Waals surface area contributed by atoms with Gasteiger partial charge in [-0.1, -0.05) is 11.6 Å². The van der Waals surface area contributed by atoms with Crippen LogP contribution in [0.5, 0.6) is 0 Å². The molecular weight excluding hydrogens is 318 g/mol. The highest BCUT2D eigenvalue weighted by molar-refractivity contribution is 9.10. The van der Waals surface area contributed by atoms with E-state index < -0.39 is 0 Å². The molecule has 18 heavy (non-hydrogen) atoms. The molecule has 0 radical (unpaired) electrons. The van der Waals surface area contributed by atoms with Gasteiger partial charge < -0.3 is 10.0 Å². The molecule has 3 nitrogen and oxygen atoms in total. The number of carbonyl (C=O) groups is 1. The van der Waals surface area contributed by atoms with Crippen LogP contribution in [0.15, 0.2) is 16.6 Å². The number of aryl methyl sites for hydroxylation is 1. The highest BCUT2D eigenvalue weighted by atomic mass is 79.9. The SMILES string of the molecule is Cc1cc(C(=O)N2CCC(CO)C2)cc(Cl)c1Br. The summed E-state index contributed by atoms with van der Waals surface area (Å²) in [5.41, 5.74) is 1.56. The van der Waals surface area contributed by atoms with E-state index in [1.54, 1.807) is 11.0 Å². The van der Waals surface area contributed by atoms with Gasteiger partial charge in [0.05, 0.1) is 5.02 Å². The average Bonchev–Trinajstić information content (AvgIpc) is 2.83. The molecular formula is C13H15BrClNO2. The van der Waals surface area contributed by atoms with Crippen LogP contribution >= 0.6 is 27.5 Å². The van der Waals surface area contributed by atoms with E-state index in [1.165, 1.54) is 0 Å². The summed E-state index contributed by atoms with van der Waals surface area (Å²) in [6, 6.07) is 3.53. The molecule has 0 aromatic heterocycles. The molecule has 1 atom stereocenters. The molecule has 1 aromatic rings. The Kier molecular flexibility index (Phi) is 4.30. The number of hydrogen-bond donors (Lipinski definition) is 1. The number of likely N-dealkylation sites (tertiary alicyclic amines) is 1. The van der Waals surface area contributed by atoms with Gasteiger partial charge in [-0.2, -0.15) is 0 Å². The standard InChI is InChI=1S/C13H15BrClNO2/c1-8-4-10(5-11(15)12(8)14)13(18)16-3-2-9(6-16)7-17/h4-5,9,17H,2-3,6-7H2,1H3. The molecule has 1 aliphatic rings. The van der Waals surface area contributed by atoms with Crippen LogP contribution in [0.25, 0.3) is 0 Å². The van der Waals surface area contributed by atoms with Gasteiger partial charge in [-0.05, 0) is 47.0 Å². The molecule has 1 aromatic carbocycles. The Morgan fingerprint density at radius 2 is 2.33 bits per heavy atom. The number of nitrogens with zero attached hydrogens (tertiary/aromatic N) is 1. The van der Waals surface area contributed by atoms with Gasteiger partial charge in [0.1, 0.15) is 0 Å². The first kappa shape index (κ1) is 13.8. The minimum atomic E-state index is -0.0107. The Labute approximate surface area is 120 Å². The molecule has 0 saturated carbocycles. The van der Waals surface area contributed by atoms with Gasteiger partial charge >= 0.3 is 0 Å². The normalized spacial score (nSPS) is 19.3. The summed E-state index contributed by atoms with van der Waals surface area (Å²) < 4.78 is 0.829. The van der Waals surface area contributed by atoms with Crippen molar-refractivity contribution in [2.45, 2.75) is 13.3 Å². The summed E-state index contributed by atoms with van der Waals surface area (Å²) in [5.74, 6) is 0.199. The van der Waals surface area contributed by atoms with Gasteiger partial charge in [0.15, 0.2) is 0 Å². The second-order valence-corrected chi connectivity index (χ2v) is 5.88. The number of amides is 1. The summed E-state index contributed by atoms with van der Waals surface area (Å²) >= 11 is 9.44. The van der Waals surface area contributed by atoms with Gasteiger partial charge in [0.25, 0.3) is 5.91 Å². The predicted molar refractivity (Wildman–Crippen MR) is 75.0 cm³/mol. The molecule has 1 N–H and O–H groups in total. The monoisotopic (exact) mass is 331 g/mol. The van der Waals surface area contributed by atoms with Crippen molar-refractivity contribution >= 4 is 33.4 Å². The van der Waals surface area contributed by atoms with Crippen molar-refractivity contribution < 1.29 is 9.90 Å². The molecule has 1 heterocycles. The van der Waals surface area contributed by atoms with Crippen LogP contribution in [0.2, 0.25) is 5.02 Å². The number of benzene rings is 1. The van der Waals surface area contributed by atoms with Crippen molar-refractivity contribution in [1.29, 1.82) is 0 Å². The minimum absolute atomic E-state index is 0.0107. The van der Waals surface area contributed by atoms with Gasteiger partial charge in [0, 0.05) is 35.7 Å². The Morgan fingerprint density at radius 3 is 2.89 bits per heavy atom. The van der Waals surface area contributed by atoms with E-state index in [0.717, 1.165) is 16.5 Å². The van der Waals surface area contributed by atoms with E-state index in [9.17, 15) is 4.79 Å². The summed E-state index contributed by atoms with van der Waals surface area (Å²) in [6.07, 6.45) is 0.867. The van der Waals surface area contributed by atoms with E-state index in [1.807, 2.05) is 13.0 Å². The summed E-state index contributed by atoms with van der Waals surface area (Å²) in [4.78, 5) is 14.1. The fraction of sp³-hybridized carbons (Fsp3) is 0.462. The number of hydrogen-bond acceptors (Lipinski definition) is 2. The molecule has 1 unspecified atom stereocenters. The van der Waals surface area contributed by atoms with Crippen LogP contribution in [-0.4, -0.2) is 35.6 Å². The number of halogens is 2. The Hall–Kier alpha value is -0.580. The van der Waals surface area contributed by atoms with E-state index >= 15 is 0 Å². The zero-order valence-electron chi connectivity index (χ0n) is 10.1. The summed E-state index contributed by atoms with van der Waals surface area (Å²) in [7, 11) is 0. The Balaban J connectivity index is 2.19. The topological polar surface area (TPSA) is 40.5 Å². The third-order valence-electron chi connectivity index (χ3n) is 3.29.